The molecule has 0 saturated carbocycles. The Bertz CT molecular complexity index is 533. The minimum absolute atomic E-state index is 0.0339. The average Bonchev–Trinajstić information content (AvgIpc) is 2.37. The Kier molecular flexibility index (Phi) is 4.21. The van der Waals surface area contributed by atoms with Gasteiger partial charge in [0.1, 0.15) is 5.75 Å². The lowest BCUT2D eigenvalue weighted by Crippen LogP contribution is -2.10. The number of hydrogen-bond acceptors (Lipinski definition) is 6. The maximum atomic E-state index is 11.7. The van der Waals surface area contributed by atoms with Gasteiger partial charge in [0.05, 0.1) is 30.3 Å². The largest absolute Gasteiger partial charge is 0.496 e. The molecule has 0 aliphatic heterocycles. The zero-order valence-electron chi connectivity index (χ0n) is 9.80. The lowest BCUT2D eigenvalue weighted by molar-refractivity contribution is -0.385. The summed E-state index contributed by atoms with van der Waals surface area (Å²) in [6, 6.07) is 4.02. The Hall–Kier alpha value is -2.62. The molecule has 7 heteroatoms. The molecule has 0 N–H and O–H groups in total. The van der Waals surface area contributed by atoms with Gasteiger partial charge < -0.3 is 9.47 Å². The highest BCUT2D eigenvalue weighted by atomic mass is 16.6. The number of nitriles is 1. The average molecular weight is 250 g/mol. The number of nitro benzene ring substituents is 1. The molecule has 1 aromatic rings. The summed E-state index contributed by atoms with van der Waals surface area (Å²) in [6.45, 7) is 1.67. The van der Waals surface area contributed by atoms with E-state index in [1.54, 1.807) is 13.0 Å². The van der Waals surface area contributed by atoms with Crippen molar-refractivity contribution in [1.29, 1.82) is 5.26 Å². The lowest BCUT2D eigenvalue weighted by atomic mass is 10.1. The molecule has 0 fully saturated rings. The highest BCUT2D eigenvalue weighted by Gasteiger charge is 2.27. The fraction of sp³-hybridized carbons (Fsp3) is 0.273. The van der Waals surface area contributed by atoms with E-state index in [-0.39, 0.29) is 23.5 Å². The second kappa shape index (κ2) is 5.63. The van der Waals surface area contributed by atoms with Crippen molar-refractivity contribution in [2.24, 2.45) is 0 Å². The van der Waals surface area contributed by atoms with E-state index in [0.717, 1.165) is 6.07 Å². The van der Waals surface area contributed by atoms with Crippen molar-refractivity contribution in [3.63, 3.8) is 0 Å². The van der Waals surface area contributed by atoms with E-state index >= 15 is 0 Å². The SMILES string of the molecule is CCOC(=O)c1c(OC)cc(C#N)cc1[N+](=O)[O-]. The monoisotopic (exact) mass is 250 g/mol. The number of nitrogens with zero attached hydrogens (tertiary/aromatic N) is 2. The van der Waals surface area contributed by atoms with Crippen LogP contribution in [0.15, 0.2) is 12.1 Å². The Labute approximate surface area is 103 Å². The molecule has 0 unspecified atom stereocenters. The van der Waals surface area contributed by atoms with Gasteiger partial charge in [-0.25, -0.2) is 4.79 Å². The molecular formula is C11H10N2O5. The zero-order valence-corrected chi connectivity index (χ0v) is 9.80. The van der Waals surface area contributed by atoms with Crippen molar-refractivity contribution in [3.05, 3.63) is 33.4 Å². The number of nitro groups is 1. The molecule has 1 rings (SSSR count). The van der Waals surface area contributed by atoms with Crippen molar-refractivity contribution in [1.82, 2.24) is 0 Å². The highest BCUT2D eigenvalue weighted by molar-refractivity contribution is 5.97. The number of ether oxygens (including phenoxy) is 2. The first-order valence-corrected chi connectivity index (χ1v) is 4.98. The molecule has 0 bridgehead atoms. The minimum Gasteiger partial charge on any atom is -0.496 e. The van der Waals surface area contributed by atoms with Crippen molar-refractivity contribution in [2.75, 3.05) is 13.7 Å². The number of carbonyl (C=O) groups is 1. The Balaban J connectivity index is 3.50. The summed E-state index contributed by atoms with van der Waals surface area (Å²) in [6.07, 6.45) is 0. The van der Waals surface area contributed by atoms with Crippen molar-refractivity contribution < 1.29 is 19.2 Å². The molecule has 7 nitrogen and oxygen atoms in total. The maximum Gasteiger partial charge on any atom is 0.349 e. The van der Waals surface area contributed by atoms with E-state index < -0.39 is 16.6 Å². The molecule has 0 saturated heterocycles. The van der Waals surface area contributed by atoms with E-state index in [1.807, 2.05) is 0 Å². The Morgan fingerprint density at radius 3 is 2.67 bits per heavy atom. The topological polar surface area (TPSA) is 102 Å². The van der Waals surface area contributed by atoms with Gasteiger partial charge in [-0.15, -0.1) is 0 Å². The molecule has 0 spiro atoms. The predicted molar refractivity (Wildman–Crippen MR) is 60.3 cm³/mol. The molecular weight excluding hydrogens is 240 g/mol. The van der Waals surface area contributed by atoms with E-state index in [0.29, 0.717) is 0 Å². The summed E-state index contributed by atoms with van der Waals surface area (Å²) in [5, 5.41) is 19.7. The number of rotatable bonds is 4. The summed E-state index contributed by atoms with van der Waals surface area (Å²) in [7, 11) is 1.25. The van der Waals surface area contributed by atoms with Gasteiger partial charge in [0.25, 0.3) is 5.69 Å². The van der Waals surface area contributed by atoms with Crippen molar-refractivity contribution >= 4 is 11.7 Å². The molecule has 0 aliphatic carbocycles. The molecule has 94 valence electrons. The number of esters is 1. The lowest BCUT2D eigenvalue weighted by Gasteiger charge is -2.08. The van der Waals surface area contributed by atoms with E-state index in [2.05, 4.69) is 0 Å². The second-order valence-corrected chi connectivity index (χ2v) is 3.16. The van der Waals surface area contributed by atoms with Crippen LogP contribution in [0.4, 0.5) is 5.69 Å². The highest BCUT2D eigenvalue weighted by Crippen LogP contribution is 2.30. The molecule has 1 aromatic carbocycles. The Morgan fingerprint density at radius 1 is 1.56 bits per heavy atom. The van der Waals surface area contributed by atoms with Crippen LogP contribution in [0.2, 0.25) is 0 Å². The quantitative estimate of drug-likeness (QED) is 0.457. The fourth-order valence-electron chi connectivity index (χ4n) is 1.38. The smallest absolute Gasteiger partial charge is 0.349 e. The molecule has 0 aromatic heterocycles. The van der Waals surface area contributed by atoms with E-state index in [9.17, 15) is 14.9 Å². The van der Waals surface area contributed by atoms with Crippen LogP contribution in [-0.2, 0) is 4.74 Å². The number of methoxy groups -OCH3 is 1. The molecule has 0 amide bonds. The summed E-state index contributed by atoms with van der Waals surface area (Å²) in [4.78, 5) is 21.8. The third kappa shape index (κ3) is 2.55. The summed E-state index contributed by atoms with van der Waals surface area (Å²) >= 11 is 0. The maximum absolute atomic E-state index is 11.7. The van der Waals surface area contributed by atoms with Crippen LogP contribution in [0.5, 0.6) is 5.75 Å². The normalized spacial score (nSPS) is 9.39. The number of hydrogen-bond donors (Lipinski definition) is 0. The first-order valence-electron chi connectivity index (χ1n) is 4.98. The molecule has 18 heavy (non-hydrogen) atoms. The van der Waals surface area contributed by atoms with Crippen LogP contribution in [0, 0.1) is 21.4 Å². The second-order valence-electron chi connectivity index (χ2n) is 3.16. The predicted octanol–water partition coefficient (Wildman–Crippen LogP) is 1.65. The molecule has 0 atom stereocenters. The molecule has 0 heterocycles. The minimum atomic E-state index is -0.856. The van der Waals surface area contributed by atoms with Gasteiger partial charge in [0.2, 0.25) is 0 Å². The Morgan fingerprint density at radius 2 is 2.22 bits per heavy atom. The first kappa shape index (κ1) is 13.4. The van der Waals surface area contributed by atoms with Crippen molar-refractivity contribution in [3.8, 4) is 11.8 Å². The fourth-order valence-corrected chi connectivity index (χ4v) is 1.38. The van der Waals surface area contributed by atoms with Gasteiger partial charge in [0.15, 0.2) is 5.56 Å². The third-order valence-electron chi connectivity index (χ3n) is 2.11. The molecule has 0 aliphatic rings. The van der Waals surface area contributed by atoms with Crippen LogP contribution in [-0.4, -0.2) is 24.6 Å². The zero-order chi connectivity index (χ0) is 13.7. The van der Waals surface area contributed by atoms with Crippen LogP contribution in [0.3, 0.4) is 0 Å². The van der Waals surface area contributed by atoms with Crippen LogP contribution in [0.1, 0.15) is 22.8 Å². The van der Waals surface area contributed by atoms with Crippen LogP contribution >= 0.6 is 0 Å². The summed E-state index contributed by atoms with van der Waals surface area (Å²) < 4.78 is 9.62. The van der Waals surface area contributed by atoms with Gasteiger partial charge in [-0.2, -0.15) is 5.26 Å². The summed E-state index contributed by atoms with van der Waals surface area (Å²) in [5.41, 5.74) is -0.765. The van der Waals surface area contributed by atoms with E-state index in [4.69, 9.17) is 14.7 Å². The summed E-state index contributed by atoms with van der Waals surface area (Å²) in [5.74, 6) is -0.912. The van der Waals surface area contributed by atoms with Crippen LogP contribution in [0.25, 0.3) is 0 Å². The van der Waals surface area contributed by atoms with Crippen LogP contribution < -0.4 is 4.74 Å². The van der Waals surface area contributed by atoms with Crippen molar-refractivity contribution in [2.45, 2.75) is 6.92 Å². The van der Waals surface area contributed by atoms with Gasteiger partial charge in [0, 0.05) is 6.07 Å². The van der Waals surface area contributed by atoms with Gasteiger partial charge >= 0.3 is 5.97 Å². The van der Waals surface area contributed by atoms with Gasteiger partial charge in [-0.3, -0.25) is 10.1 Å². The number of carbonyl (C=O) groups excluding carboxylic acids is 1. The van der Waals surface area contributed by atoms with Gasteiger partial charge in [-0.1, -0.05) is 0 Å². The third-order valence-corrected chi connectivity index (χ3v) is 2.11. The standard InChI is InChI=1S/C11H10N2O5/c1-3-18-11(14)10-8(13(15)16)4-7(6-12)5-9(10)17-2/h4-5H,3H2,1-2H3. The van der Waals surface area contributed by atoms with Gasteiger partial charge in [-0.05, 0) is 13.0 Å². The number of benzene rings is 1. The first-order chi connectivity index (χ1) is 8.54. The van der Waals surface area contributed by atoms with E-state index in [1.165, 1.54) is 13.2 Å². The molecule has 0 radical (unpaired) electrons.